The number of hydrogen-bond donors (Lipinski definition) is 6. The van der Waals surface area contributed by atoms with Gasteiger partial charge in [-0.25, -0.2) is 0 Å². The molecule has 7 N–H and O–H groups in total. The maximum absolute atomic E-state index is 12.1. The average molecular weight is 499 g/mol. The van der Waals surface area contributed by atoms with E-state index in [2.05, 4.69) is 23.8 Å². The van der Waals surface area contributed by atoms with E-state index in [1.807, 2.05) is 26.0 Å². The van der Waals surface area contributed by atoms with Gasteiger partial charge < -0.3 is 41.3 Å². The molecule has 9 nitrogen and oxygen atoms in total. The third-order valence-electron chi connectivity index (χ3n) is 5.54. The highest BCUT2D eigenvalue weighted by Gasteiger charge is 2.16. The number of aromatic hydroxyl groups is 1. The Morgan fingerprint density at radius 2 is 1.75 bits per heavy atom. The van der Waals surface area contributed by atoms with Crippen molar-refractivity contribution in [2.75, 3.05) is 39.4 Å². The van der Waals surface area contributed by atoms with Crippen molar-refractivity contribution in [1.82, 2.24) is 15.5 Å². The van der Waals surface area contributed by atoms with Crippen LogP contribution in [0.15, 0.2) is 61.0 Å². The molecular formula is C27H38N4O5. The fraction of sp³-hybridized carbons (Fsp3) is 0.370. The molecule has 36 heavy (non-hydrogen) atoms. The standard InChI is InChI=1S/C27H38N4O5/c1-18-11-22(12-19(2)27(18)36-25-7-5-24(34)6-8-25)13-23(17-33)29-15-21(4)31(9-10-32)16-26(35)30-14-20(3)28/h5-8,11-12,23,29,32-34H,3-4,9-10,13-17,28H2,1-2H3,(H,30,35)/t23-/m0/s1. The van der Waals surface area contributed by atoms with E-state index in [-0.39, 0.29) is 50.5 Å². The number of phenols is 1. The number of nitrogens with zero attached hydrogens (tertiary/aromatic N) is 1. The van der Waals surface area contributed by atoms with Crippen molar-refractivity contribution in [2.24, 2.45) is 5.73 Å². The predicted molar refractivity (Wildman–Crippen MR) is 141 cm³/mol. The number of phenolic OH excluding ortho intramolecular Hbond substituents is 1. The lowest BCUT2D eigenvalue weighted by Gasteiger charge is -2.27. The molecule has 0 fully saturated rings. The van der Waals surface area contributed by atoms with Crippen LogP contribution in [-0.4, -0.2) is 71.6 Å². The number of carbonyl (C=O) groups is 1. The third-order valence-corrected chi connectivity index (χ3v) is 5.54. The van der Waals surface area contributed by atoms with Gasteiger partial charge in [-0.3, -0.25) is 4.79 Å². The molecule has 0 bridgehead atoms. The normalized spacial score (nSPS) is 11.6. The summed E-state index contributed by atoms with van der Waals surface area (Å²) in [6.07, 6.45) is 0.573. The van der Waals surface area contributed by atoms with Crippen molar-refractivity contribution in [3.05, 3.63) is 77.6 Å². The van der Waals surface area contributed by atoms with E-state index in [1.165, 1.54) is 0 Å². The molecular weight excluding hydrogens is 460 g/mol. The Hall–Kier alpha value is -3.53. The summed E-state index contributed by atoms with van der Waals surface area (Å²) in [7, 11) is 0. The molecule has 0 aliphatic rings. The Balaban J connectivity index is 1.98. The van der Waals surface area contributed by atoms with Crippen LogP contribution in [0.2, 0.25) is 0 Å². The topological polar surface area (TPSA) is 140 Å². The zero-order valence-corrected chi connectivity index (χ0v) is 21.1. The highest BCUT2D eigenvalue weighted by molar-refractivity contribution is 5.78. The van der Waals surface area contributed by atoms with Gasteiger partial charge in [0.05, 0.1) is 26.3 Å². The number of amides is 1. The Kier molecular flexibility index (Phi) is 11.3. The monoisotopic (exact) mass is 498 g/mol. The Labute approximate surface area is 212 Å². The van der Waals surface area contributed by atoms with Crippen LogP contribution in [0.4, 0.5) is 0 Å². The number of carbonyl (C=O) groups excluding carboxylic acids is 1. The Bertz CT molecular complexity index is 1020. The first-order chi connectivity index (χ1) is 17.1. The number of aryl methyl sites for hydroxylation is 2. The van der Waals surface area contributed by atoms with Crippen molar-refractivity contribution in [2.45, 2.75) is 26.3 Å². The number of aliphatic hydroxyl groups is 2. The lowest BCUT2D eigenvalue weighted by Crippen LogP contribution is -2.43. The fourth-order valence-corrected chi connectivity index (χ4v) is 3.72. The second kappa shape index (κ2) is 14.1. The highest BCUT2D eigenvalue weighted by atomic mass is 16.5. The van der Waals surface area contributed by atoms with Crippen molar-refractivity contribution < 1.29 is 24.9 Å². The Morgan fingerprint density at radius 3 is 2.31 bits per heavy atom. The largest absolute Gasteiger partial charge is 0.508 e. The first-order valence-electron chi connectivity index (χ1n) is 11.8. The molecule has 0 unspecified atom stereocenters. The second-order valence-corrected chi connectivity index (χ2v) is 8.77. The molecule has 2 aromatic carbocycles. The lowest BCUT2D eigenvalue weighted by atomic mass is 10.00. The van der Waals surface area contributed by atoms with Gasteiger partial charge in [-0.2, -0.15) is 0 Å². The molecule has 0 aliphatic heterocycles. The van der Waals surface area contributed by atoms with Crippen LogP contribution < -0.4 is 21.1 Å². The van der Waals surface area contributed by atoms with Crippen LogP contribution in [0.5, 0.6) is 17.2 Å². The van der Waals surface area contributed by atoms with Crippen molar-refractivity contribution in [3.8, 4) is 17.2 Å². The third kappa shape index (κ3) is 9.26. The number of benzene rings is 2. The molecule has 2 aromatic rings. The highest BCUT2D eigenvalue weighted by Crippen LogP contribution is 2.31. The van der Waals surface area contributed by atoms with E-state index < -0.39 is 0 Å². The molecule has 0 spiro atoms. The van der Waals surface area contributed by atoms with Gasteiger partial charge in [-0.05, 0) is 61.2 Å². The van der Waals surface area contributed by atoms with Gasteiger partial charge in [-0.1, -0.05) is 25.3 Å². The van der Waals surface area contributed by atoms with E-state index >= 15 is 0 Å². The van der Waals surface area contributed by atoms with Crippen LogP contribution >= 0.6 is 0 Å². The van der Waals surface area contributed by atoms with E-state index in [9.17, 15) is 20.1 Å². The van der Waals surface area contributed by atoms with Gasteiger partial charge in [-0.15, -0.1) is 0 Å². The summed E-state index contributed by atoms with van der Waals surface area (Å²) in [4.78, 5) is 13.8. The number of ether oxygens (including phenoxy) is 1. The summed E-state index contributed by atoms with van der Waals surface area (Å²) in [5.74, 6) is 1.31. The van der Waals surface area contributed by atoms with Gasteiger partial charge in [0.2, 0.25) is 5.91 Å². The van der Waals surface area contributed by atoms with Crippen LogP contribution in [-0.2, 0) is 11.2 Å². The summed E-state index contributed by atoms with van der Waals surface area (Å²) >= 11 is 0. The van der Waals surface area contributed by atoms with E-state index in [1.54, 1.807) is 29.2 Å². The zero-order valence-electron chi connectivity index (χ0n) is 21.1. The summed E-state index contributed by atoms with van der Waals surface area (Å²) in [6, 6.07) is 10.4. The minimum absolute atomic E-state index is 0.0268. The number of aliphatic hydroxyl groups excluding tert-OH is 2. The zero-order chi connectivity index (χ0) is 26.7. The SMILES string of the molecule is C=C(N)CNC(=O)CN(CCO)C(=C)CN[C@H](CO)Cc1cc(C)c(Oc2ccc(O)cc2)c(C)c1. The maximum Gasteiger partial charge on any atom is 0.239 e. The molecule has 0 aliphatic carbocycles. The summed E-state index contributed by atoms with van der Waals surface area (Å²) in [5, 5.41) is 34.7. The van der Waals surface area contributed by atoms with E-state index in [0.717, 1.165) is 22.4 Å². The molecule has 0 radical (unpaired) electrons. The summed E-state index contributed by atoms with van der Waals surface area (Å²) in [5.41, 5.74) is 9.41. The molecule has 196 valence electrons. The minimum atomic E-state index is -0.254. The van der Waals surface area contributed by atoms with Crippen molar-refractivity contribution in [3.63, 3.8) is 0 Å². The summed E-state index contributed by atoms with van der Waals surface area (Å²) in [6.45, 7) is 12.1. The molecule has 0 aromatic heterocycles. The van der Waals surface area contributed by atoms with Gasteiger partial charge in [0.15, 0.2) is 0 Å². The average Bonchev–Trinajstić information content (AvgIpc) is 2.83. The van der Waals surface area contributed by atoms with Crippen molar-refractivity contribution >= 4 is 5.91 Å². The molecule has 0 saturated carbocycles. The molecule has 0 heterocycles. The first-order valence-corrected chi connectivity index (χ1v) is 11.8. The predicted octanol–water partition coefficient (Wildman–Crippen LogP) is 1.69. The van der Waals surface area contributed by atoms with Gasteiger partial charge in [0.1, 0.15) is 17.2 Å². The molecule has 9 heteroatoms. The minimum Gasteiger partial charge on any atom is -0.508 e. The molecule has 1 atom stereocenters. The Morgan fingerprint density at radius 1 is 1.11 bits per heavy atom. The second-order valence-electron chi connectivity index (χ2n) is 8.77. The van der Waals surface area contributed by atoms with Gasteiger partial charge >= 0.3 is 0 Å². The summed E-state index contributed by atoms with van der Waals surface area (Å²) < 4.78 is 6.01. The smallest absolute Gasteiger partial charge is 0.239 e. The first kappa shape index (κ1) is 28.7. The van der Waals surface area contributed by atoms with Crippen LogP contribution in [0.3, 0.4) is 0 Å². The van der Waals surface area contributed by atoms with E-state index in [0.29, 0.717) is 30.1 Å². The number of nitrogens with two attached hydrogens (primary N) is 1. The van der Waals surface area contributed by atoms with E-state index in [4.69, 9.17) is 10.5 Å². The molecule has 1 amide bonds. The van der Waals surface area contributed by atoms with Crippen LogP contribution in [0.1, 0.15) is 16.7 Å². The van der Waals surface area contributed by atoms with Gasteiger partial charge in [0, 0.05) is 30.5 Å². The van der Waals surface area contributed by atoms with Crippen molar-refractivity contribution in [1.29, 1.82) is 0 Å². The van der Waals surface area contributed by atoms with Gasteiger partial charge in [0.25, 0.3) is 0 Å². The number of hydrogen-bond acceptors (Lipinski definition) is 8. The molecule has 2 rings (SSSR count). The van der Waals surface area contributed by atoms with Crippen LogP contribution in [0.25, 0.3) is 0 Å². The lowest BCUT2D eigenvalue weighted by molar-refractivity contribution is -0.121. The molecule has 0 saturated heterocycles. The quantitative estimate of drug-likeness (QED) is 0.218. The fourth-order valence-electron chi connectivity index (χ4n) is 3.72. The maximum atomic E-state index is 12.1. The van der Waals surface area contributed by atoms with Crippen LogP contribution in [0, 0.1) is 13.8 Å². The number of nitrogens with one attached hydrogen (secondary N) is 2. The number of rotatable bonds is 15.